The van der Waals surface area contributed by atoms with Gasteiger partial charge in [0, 0.05) is 13.2 Å². The van der Waals surface area contributed by atoms with Gasteiger partial charge in [-0.2, -0.15) is 0 Å². The predicted octanol–water partition coefficient (Wildman–Crippen LogP) is 2.69. The van der Waals surface area contributed by atoms with Crippen LogP contribution in [-0.2, 0) is 11.2 Å². The molecule has 0 radical (unpaired) electrons. The molecule has 2 atom stereocenters. The molecule has 0 heterocycles. The summed E-state index contributed by atoms with van der Waals surface area (Å²) in [6.45, 7) is 5.87. The first-order valence-electron chi connectivity index (χ1n) is 7.53. The van der Waals surface area contributed by atoms with Crippen LogP contribution in [-0.4, -0.2) is 31.5 Å². The Hall–Kier alpha value is -0.900. The number of rotatable bonds is 6. The third kappa shape index (κ3) is 3.60. The van der Waals surface area contributed by atoms with Crippen LogP contribution < -0.4 is 5.32 Å². The Morgan fingerprint density at radius 3 is 2.90 bits per heavy atom. The summed E-state index contributed by atoms with van der Waals surface area (Å²) in [5.74, 6) is 0. The van der Waals surface area contributed by atoms with Gasteiger partial charge in [-0.3, -0.25) is 0 Å². The van der Waals surface area contributed by atoms with E-state index in [1.54, 1.807) is 7.11 Å². The van der Waals surface area contributed by atoms with Crippen molar-refractivity contribution in [2.24, 2.45) is 5.41 Å². The standard InChI is InChI=1S/C17H27NO2/c1-17(2)10-8-13-6-4-5-7-15(13)16(17)18-11-9-14(19)12-20-3/h4-7,14,16,18-19H,8-12H2,1-3H3. The summed E-state index contributed by atoms with van der Waals surface area (Å²) in [5.41, 5.74) is 3.13. The molecule has 0 fully saturated rings. The summed E-state index contributed by atoms with van der Waals surface area (Å²) < 4.78 is 4.97. The number of aliphatic hydroxyl groups excluding tert-OH is 1. The Kier molecular flexibility index (Phi) is 5.19. The van der Waals surface area contributed by atoms with Crippen LogP contribution >= 0.6 is 0 Å². The third-order valence-corrected chi connectivity index (χ3v) is 4.37. The van der Waals surface area contributed by atoms with E-state index < -0.39 is 0 Å². The number of fused-ring (bicyclic) bond motifs is 1. The molecule has 2 rings (SSSR count). The zero-order valence-electron chi connectivity index (χ0n) is 12.9. The monoisotopic (exact) mass is 277 g/mol. The summed E-state index contributed by atoms with van der Waals surface area (Å²) >= 11 is 0. The number of benzene rings is 1. The van der Waals surface area contributed by atoms with Gasteiger partial charge >= 0.3 is 0 Å². The van der Waals surface area contributed by atoms with E-state index in [2.05, 4.69) is 43.4 Å². The lowest BCUT2D eigenvalue weighted by Gasteiger charge is -2.41. The second kappa shape index (κ2) is 6.70. The normalized spacial score (nSPS) is 22.3. The van der Waals surface area contributed by atoms with Gasteiger partial charge in [-0.1, -0.05) is 38.1 Å². The first-order valence-corrected chi connectivity index (χ1v) is 7.53. The molecule has 0 bridgehead atoms. The zero-order chi connectivity index (χ0) is 14.6. The molecule has 1 aromatic rings. The summed E-state index contributed by atoms with van der Waals surface area (Å²) in [6.07, 6.45) is 2.70. The minimum Gasteiger partial charge on any atom is -0.391 e. The number of hydrogen-bond acceptors (Lipinski definition) is 3. The first kappa shape index (κ1) is 15.5. The second-order valence-corrected chi connectivity index (χ2v) is 6.47. The molecule has 0 amide bonds. The highest BCUT2D eigenvalue weighted by Crippen LogP contribution is 2.43. The summed E-state index contributed by atoms with van der Waals surface area (Å²) in [6, 6.07) is 9.08. The van der Waals surface area contributed by atoms with Crippen LogP contribution in [0, 0.1) is 5.41 Å². The van der Waals surface area contributed by atoms with Crippen LogP contribution in [0.15, 0.2) is 24.3 Å². The van der Waals surface area contributed by atoms with Gasteiger partial charge in [0.15, 0.2) is 0 Å². The molecule has 3 nitrogen and oxygen atoms in total. The van der Waals surface area contributed by atoms with Crippen molar-refractivity contribution < 1.29 is 9.84 Å². The molecule has 0 aromatic heterocycles. The van der Waals surface area contributed by atoms with Gasteiger partial charge in [-0.25, -0.2) is 0 Å². The molecule has 2 unspecified atom stereocenters. The van der Waals surface area contributed by atoms with Crippen molar-refractivity contribution in [3.05, 3.63) is 35.4 Å². The van der Waals surface area contributed by atoms with Crippen LogP contribution in [0.3, 0.4) is 0 Å². The van der Waals surface area contributed by atoms with Crippen molar-refractivity contribution >= 4 is 0 Å². The highest BCUT2D eigenvalue weighted by atomic mass is 16.5. The van der Waals surface area contributed by atoms with E-state index in [0.717, 1.165) is 19.4 Å². The zero-order valence-corrected chi connectivity index (χ0v) is 12.9. The van der Waals surface area contributed by atoms with Crippen LogP contribution in [0.25, 0.3) is 0 Å². The van der Waals surface area contributed by atoms with Crippen molar-refractivity contribution in [1.82, 2.24) is 5.32 Å². The van der Waals surface area contributed by atoms with Gasteiger partial charge in [0.1, 0.15) is 0 Å². The molecule has 3 heteroatoms. The Labute approximate surface area is 122 Å². The summed E-state index contributed by atoms with van der Waals surface area (Å²) in [7, 11) is 1.62. The van der Waals surface area contributed by atoms with Crippen molar-refractivity contribution in [3.63, 3.8) is 0 Å². The molecule has 1 aliphatic rings. The lowest BCUT2D eigenvalue weighted by atomic mass is 9.70. The van der Waals surface area contributed by atoms with E-state index in [9.17, 15) is 5.11 Å². The Morgan fingerprint density at radius 1 is 1.40 bits per heavy atom. The molecule has 0 saturated heterocycles. The molecule has 0 aliphatic heterocycles. The molecule has 0 spiro atoms. The molecule has 112 valence electrons. The van der Waals surface area contributed by atoms with E-state index in [0.29, 0.717) is 12.6 Å². The molecule has 0 saturated carbocycles. The topological polar surface area (TPSA) is 41.5 Å². The van der Waals surface area contributed by atoms with Crippen LogP contribution in [0.5, 0.6) is 0 Å². The van der Waals surface area contributed by atoms with E-state index in [4.69, 9.17) is 4.74 Å². The van der Waals surface area contributed by atoms with Crippen LogP contribution in [0.2, 0.25) is 0 Å². The highest BCUT2D eigenvalue weighted by Gasteiger charge is 2.35. The Morgan fingerprint density at radius 2 is 2.15 bits per heavy atom. The number of aliphatic hydroxyl groups is 1. The number of ether oxygens (including phenoxy) is 1. The highest BCUT2D eigenvalue weighted by molar-refractivity contribution is 5.34. The maximum atomic E-state index is 9.74. The SMILES string of the molecule is COCC(O)CCNC1c2ccccc2CCC1(C)C. The number of nitrogens with one attached hydrogen (secondary N) is 1. The maximum Gasteiger partial charge on any atom is 0.0785 e. The largest absolute Gasteiger partial charge is 0.391 e. The maximum absolute atomic E-state index is 9.74. The van der Waals surface area contributed by atoms with Gasteiger partial charge in [0.25, 0.3) is 0 Å². The van der Waals surface area contributed by atoms with Gasteiger partial charge in [-0.05, 0) is 42.3 Å². The first-order chi connectivity index (χ1) is 9.54. The van der Waals surface area contributed by atoms with E-state index in [-0.39, 0.29) is 11.5 Å². The molecule has 1 aliphatic carbocycles. The number of hydrogen-bond donors (Lipinski definition) is 2. The van der Waals surface area contributed by atoms with Crippen molar-refractivity contribution in [3.8, 4) is 0 Å². The molecular formula is C17H27NO2. The van der Waals surface area contributed by atoms with Gasteiger partial charge < -0.3 is 15.2 Å². The molecule has 20 heavy (non-hydrogen) atoms. The Balaban J connectivity index is 2.01. The van der Waals surface area contributed by atoms with E-state index in [1.807, 2.05) is 0 Å². The fraction of sp³-hybridized carbons (Fsp3) is 0.647. The van der Waals surface area contributed by atoms with Crippen molar-refractivity contribution in [1.29, 1.82) is 0 Å². The average Bonchev–Trinajstić information content (AvgIpc) is 2.41. The lowest BCUT2D eigenvalue weighted by Crippen LogP contribution is -2.39. The predicted molar refractivity (Wildman–Crippen MR) is 81.8 cm³/mol. The molecule has 1 aromatic carbocycles. The lowest BCUT2D eigenvalue weighted by molar-refractivity contribution is 0.0574. The number of aryl methyl sites for hydroxylation is 1. The fourth-order valence-corrected chi connectivity index (χ4v) is 3.12. The quantitative estimate of drug-likeness (QED) is 0.840. The van der Waals surface area contributed by atoms with Gasteiger partial charge in [0.2, 0.25) is 0 Å². The summed E-state index contributed by atoms with van der Waals surface area (Å²) in [4.78, 5) is 0. The van der Waals surface area contributed by atoms with E-state index >= 15 is 0 Å². The van der Waals surface area contributed by atoms with Crippen molar-refractivity contribution in [2.75, 3.05) is 20.3 Å². The number of methoxy groups -OCH3 is 1. The van der Waals surface area contributed by atoms with Crippen LogP contribution in [0.1, 0.15) is 43.9 Å². The Bertz CT molecular complexity index is 431. The minimum absolute atomic E-state index is 0.251. The van der Waals surface area contributed by atoms with Crippen LogP contribution in [0.4, 0.5) is 0 Å². The van der Waals surface area contributed by atoms with Gasteiger partial charge in [0.05, 0.1) is 12.7 Å². The second-order valence-electron chi connectivity index (χ2n) is 6.47. The summed E-state index contributed by atoms with van der Waals surface area (Å²) in [5, 5.41) is 13.4. The van der Waals surface area contributed by atoms with Crippen molar-refractivity contribution in [2.45, 2.75) is 45.3 Å². The molecule has 2 N–H and O–H groups in total. The average molecular weight is 277 g/mol. The van der Waals surface area contributed by atoms with E-state index in [1.165, 1.54) is 17.5 Å². The molecular weight excluding hydrogens is 250 g/mol. The van der Waals surface area contributed by atoms with Gasteiger partial charge in [-0.15, -0.1) is 0 Å². The third-order valence-electron chi connectivity index (χ3n) is 4.37. The fourth-order valence-electron chi connectivity index (χ4n) is 3.12. The minimum atomic E-state index is -0.380. The smallest absolute Gasteiger partial charge is 0.0785 e.